The Morgan fingerprint density at radius 1 is 1.48 bits per heavy atom. The van der Waals surface area contributed by atoms with Gasteiger partial charge in [0.25, 0.3) is 0 Å². The van der Waals surface area contributed by atoms with E-state index in [4.69, 9.17) is 16.5 Å². The van der Waals surface area contributed by atoms with Gasteiger partial charge >= 0.3 is 0 Å². The molecule has 1 amide bonds. The second-order valence-corrected chi connectivity index (χ2v) is 7.25. The van der Waals surface area contributed by atoms with Gasteiger partial charge in [0.1, 0.15) is 17.0 Å². The van der Waals surface area contributed by atoms with Crippen LogP contribution in [0.15, 0.2) is 17.3 Å². The zero-order chi connectivity index (χ0) is 18.0. The van der Waals surface area contributed by atoms with Crippen LogP contribution in [0.3, 0.4) is 0 Å². The van der Waals surface area contributed by atoms with Crippen molar-refractivity contribution in [1.29, 1.82) is 0 Å². The van der Waals surface area contributed by atoms with Gasteiger partial charge in [-0.2, -0.15) is 4.99 Å². The molecule has 0 bridgehead atoms. The van der Waals surface area contributed by atoms with Gasteiger partial charge in [0.2, 0.25) is 6.41 Å². The summed E-state index contributed by atoms with van der Waals surface area (Å²) in [6.45, 7) is 4.38. The number of aliphatic imine (C=N–C) groups is 1. The number of imidazole rings is 1. The van der Waals surface area contributed by atoms with Crippen molar-refractivity contribution in [3.63, 3.8) is 0 Å². The first-order chi connectivity index (χ1) is 12.0. The highest BCUT2D eigenvalue weighted by Gasteiger charge is 2.25. The molecule has 2 aromatic rings. The van der Waals surface area contributed by atoms with Crippen molar-refractivity contribution in [2.45, 2.75) is 58.0 Å². The molecule has 7 nitrogen and oxygen atoms in total. The molecule has 2 unspecified atom stereocenters. The number of hydrogen-bond acceptors (Lipinski definition) is 4. The molecule has 134 valence electrons. The molecule has 1 fully saturated rings. The monoisotopic (exact) mass is 342 g/mol. The van der Waals surface area contributed by atoms with E-state index in [0.717, 1.165) is 49.0 Å². The van der Waals surface area contributed by atoms with Gasteiger partial charge in [-0.15, -0.1) is 0 Å². The van der Waals surface area contributed by atoms with Crippen LogP contribution < -0.4 is 11.5 Å². The van der Waals surface area contributed by atoms with E-state index < -0.39 is 0 Å². The molecular weight excluding hydrogens is 316 g/mol. The smallest absolute Gasteiger partial charge is 0.234 e. The van der Waals surface area contributed by atoms with Crippen LogP contribution in [-0.4, -0.2) is 32.8 Å². The minimum atomic E-state index is 0.121. The second kappa shape index (κ2) is 7.31. The molecule has 2 atom stereocenters. The number of aromatic nitrogens is 3. The van der Waals surface area contributed by atoms with Crippen LogP contribution >= 0.6 is 0 Å². The predicted molar refractivity (Wildman–Crippen MR) is 98.3 cm³/mol. The summed E-state index contributed by atoms with van der Waals surface area (Å²) in [7, 11) is 0. The molecule has 2 aromatic heterocycles. The van der Waals surface area contributed by atoms with Gasteiger partial charge in [-0.1, -0.05) is 13.8 Å². The summed E-state index contributed by atoms with van der Waals surface area (Å²) in [4.78, 5) is 23.3. The van der Waals surface area contributed by atoms with Crippen molar-refractivity contribution in [1.82, 2.24) is 14.5 Å². The molecule has 1 aliphatic carbocycles. The molecule has 3 rings (SSSR count). The molecule has 4 N–H and O–H groups in total. The van der Waals surface area contributed by atoms with E-state index in [9.17, 15) is 4.79 Å². The molecule has 0 radical (unpaired) electrons. The molecule has 1 saturated carbocycles. The molecule has 25 heavy (non-hydrogen) atoms. The van der Waals surface area contributed by atoms with Crippen molar-refractivity contribution in [2.75, 3.05) is 0 Å². The fourth-order valence-electron chi connectivity index (χ4n) is 3.66. The minimum Gasteiger partial charge on any atom is -0.382 e. The fourth-order valence-corrected chi connectivity index (χ4v) is 3.66. The van der Waals surface area contributed by atoms with Gasteiger partial charge in [0.15, 0.2) is 5.84 Å². The Labute approximate surface area is 147 Å². The number of pyridine rings is 1. The third kappa shape index (κ3) is 3.71. The lowest BCUT2D eigenvalue weighted by Crippen LogP contribution is -2.30. The van der Waals surface area contributed by atoms with Crippen LogP contribution in [0.25, 0.3) is 11.0 Å². The normalized spacial score (nSPS) is 21.8. The molecule has 1 aliphatic rings. The van der Waals surface area contributed by atoms with E-state index in [2.05, 4.69) is 28.4 Å². The third-order valence-electron chi connectivity index (χ3n) is 4.75. The quantitative estimate of drug-likeness (QED) is 0.490. The first-order valence-corrected chi connectivity index (χ1v) is 8.89. The molecule has 7 heteroatoms. The summed E-state index contributed by atoms with van der Waals surface area (Å²) in [6.07, 6.45) is 7.29. The number of hydrogen-bond donors (Lipinski definition) is 2. The van der Waals surface area contributed by atoms with E-state index in [0.29, 0.717) is 24.1 Å². The lowest BCUT2D eigenvalue weighted by atomic mass is 9.91. The summed E-state index contributed by atoms with van der Waals surface area (Å²) in [5, 5.41) is 0. The van der Waals surface area contributed by atoms with E-state index in [1.807, 2.05) is 6.07 Å². The molecule has 0 aliphatic heterocycles. The molecular formula is C18H26N6O. The van der Waals surface area contributed by atoms with Crippen LogP contribution in [0.4, 0.5) is 0 Å². The lowest BCUT2D eigenvalue weighted by Gasteiger charge is -2.29. The Kier molecular flexibility index (Phi) is 5.13. The summed E-state index contributed by atoms with van der Waals surface area (Å²) in [5.74, 6) is 1.69. The number of fused-ring (bicyclic) bond motifs is 1. The summed E-state index contributed by atoms with van der Waals surface area (Å²) < 4.78 is 2.31. The number of nitrogens with zero attached hydrogens (tertiary/aromatic N) is 4. The molecule has 0 aromatic carbocycles. The lowest BCUT2D eigenvalue weighted by molar-refractivity contribution is -0.106. The number of nitrogens with two attached hydrogens (primary N) is 2. The highest BCUT2D eigenvalue weighted by Crippen LogP contribution is 2.33. The number of amidine groups is 1. The standard InChI is InChI=1S/C18H26N6O/c1-11(2)6-17-23-15-9-21-14(18(20)22-10-25)8-16(15)24(17)13-5-3-4-12(19)7-13/h8-13H,3-7,19H2,1-2H3,(H2,20,22,25). The number of carbonyl (C=O) groups is 1. The highest BCUT2D eigenvalue weighted by atomic mass is 16.1. The van der Waals surface area contributed by atoms with Crippen molar-refractivity contribution in [3.05, 3.63) is 23.8 Å². The van der Waals surface area contributed by atoms with Crippen LogP contribution in [0, 0.1) is 5.92 Å². The first kappa shape index (κ1) is 17.5. The maximum Gasteiger partial charge on any atom is 0.234 e. The van der Waals surface area contributed by atoms with Crippen molar-refractivity contribution < 1.29 is 4.79 Å². The van der Waals surface area contributed by atoms with E-state index in [1.54, 1.807) is 6.20 Å². The number of carbonyl (C=O) groups excluding carboxylic acids is 1. The second-order valence-electron chi connectivity index (χ2n) is 7.25. The summed E-state index contributed by atoms with van der Waals surface area (Å²) in [6, 6.07) is 2.45. The maximum atomic E-state index is 10.6. The van der Waals surface area contributed by atoms with Crippen LogP contribution in [0.1, 0.15) is 57.1 Å². The first-order valence-electron chi connectivity index (χ1n) is 8.89. The third-order valence-corrected chi connectivity index (χ3v) is 4.75. The van der Waals surface area contributed by atoms with Gasteiger partial charge in [-0.3, -0.25) is 9.78 Å². The Bertz CT molecular complexity index is 794. The van der Waals surface area contributed by atoms with Gasteiger partial charge in [0, 0.05) is 18.5 Å². The van der Waals surface area contributed by atoms with Gasteiger partial charge in [0.05, 0.1) is 11.7 Å². The fraction of sp³-hybridized carbons (Fsp3) is 0.556. The molecule has 0 spiro atoms. The Morgan fingerprint density at radius 2 is 2.28 bits per heavy atom. The Morgan fingerprint density at radius 3 is 2.96 bits per heavy atom. The zero-order valence-electron chi connectivity index (χ0n) is 14.9. The number of rotatable bonds is 5. The van der Waals surface area contributed by atoms with Gasteiger partial charge in [-0.25, -0.2) is 4.98 Å². The summed E-state index contributed by atoms with van der Waals surface area (Å²) in [5.41, 5.74) is 14.4. The van der Waals surface area contributed by atoms with E-state index >= 15 is 0 Å². The zero-order valence-corrected chi connectivity index (χ0v) is 14.9. The average molecular weight is 342 g/mol. The van der Waals surface area contributed by atoms with Gasteiger partial charge < -0.3 is 16.0 Å². The van der Waals surface area contributed by atoms with E-state index in [-0.39, 0.29) is 11.9 Å². The van der Waals surface area contributed by atoms with Crippen molar-refractivity contribution in [3.8, 4) is 0 Å². The van der Waals surface area contributed by atoms with Crippen molar-refractivity contribution in [2.24, 2.45) is 22.4 Å². The van der Waals surface area contributed by atoms with Crippen LogP contribution in [-0.2, 0) is 11.2 Å². The highest BCUT2D eigenvalue weighted by molar-refractivity contribution is 6.01. The molecule has 0 saturated heterocycles. The van der Waals surface area contributed by atoms with Gasteiger partial charge in [-0.05, 0) is 37.7 Å². The topological polar surface area (TPSA) is 112 Å². The Balaban J connectivity index is 2.12. The molecule has 2 heterocycles. The van der Waals surface area contributed by atoms with Crippen molar-refractivity contribution >= 4 is 23.3 Å². The van der Waals surface area contributed by atoms with E-state index in [1.165, 1.54) is 0 Å². The predicted octanol–water partition coefficient (Wildman–Crippen LogP) is 1.93. The Hall–Kier alpha value is -2.28. The largest absolute Gasteiger partial charge is 0.382 e. The SMILES string of the molecule is CC(C)Cc1nc2cnc(C(N)=NC=O)cc2n1C1CCCC(N)C1. The maximum absolute atomic E-state index is 10.6. The van der Waals surface area contributed by atoms with Crippen LogP contribution in [0.2, 0.25) is 0 Å². The number of amides is 1. The minimum absolute atomic E-state index is 0.121. The van der Waals surface area contributed by atoms with Crippen LogP contribution in [0.5, 0.6) is 0 Å². The average Bonchev–Trinajstić information content (AvgIpc) is 2.91. The summed E-state index contributed by atoms with van der Waals surface area (Å²) >= 11 is 0.